The molecule has 182 valence electrons. The van der Waals surface area contributed by atoms with Crippen LogP contribution < -0.4 is 0 Å². The first-order chi connectivity index (χ1) is 15.8. The molecule has 0 aromatic carbocycles. The summed E-state index contributed by atoms with van der Waals surface area (Å²) >= 11 is 1.65. The van der Waals surface area contributed by atoms with Gasteiger partial charge in [-0.25, -0.2) is 0 Å². The molecule has 0 radical (unpaired) electrons. The molecule has 0 spiro atoms. The highest BCUT2D eigenvalue weighted by molar-refractivity contribution is 7.10. The first-order valence-electron chi connectivity index (χ1n) is 13.0. The van der Waals surface area contributed by atoms with E-state index in [0.717, 1.165) is 41.2 Å². The summed E-state index contributed by atoms with van der Waals surface area (Å²) in [5, 5.41) is 32.7. The Morgan fingerprint density at radius 1 is 1.24 bits per heavy atom. The van der Waals surface area contributed by atoms with Crippen LogP contribution in [0.3, 0.4) is 0 Å². The maximum Gasteiger partial charge on any atom is 0.0882 e. The van der Waals surface area contributed by atoms with E-state index in [0.29, 0.717) is 30.1 Å². The van der Waals surface area contributed by atoms with Gasteiger partial charge in [0.25, 0.3) is 0 Å². The molecule has 33 heavy (non-hydrogen) atoms. The number of aliphatic hydroxyl groups excluding tert-OH is 3. The van der Waals surface area contributed by atoms with Gasteiger partial charge in [0, 0.05) is 11.3 Å². The summed E-state index contributed by atoms with van der Waals surface area (Å²) in [4.78, 5) is 1.09. The Morgan fingerprint density at radius 3 is 2.82 bits per heavy atom. The molecule has 3 aliphatic carbocycles. The van der Waals surface area contributed by atoms with E-state index in [1.807, 2.05) is 17.5 Å². The van der Waals surface area contributed by atoms with Crippen LogP contribution in [0, 0.1) is 23.2 Å². The van der Waals surface area contributed by atoms with Gasteiger partial charge in [0.05, 0.1) is 18.3 Å². The Balaban J connectivity index is 1.39. The van der Waals surface area contributed by atoms with E-state index in [1.165, 1.54) is 32.1 Å². The van der Waals surface area contributed by atoms with Crippen LogP contribution in [-0.4, -0.2) is 27.5 Å². The molecule has 0 amide bonds. The second-order valence-electron chi connectivity index (χ2n) is 11.1. The molecule has 3 fully saturated rings. The van der Waals surface area contributed by atoms with Crippen LogP contribution >= 0.6 is 11.3 Å². The first-order valence-corrected chi connectivity index (χ1v) is 13.8. The van der Waals surface area contributed by atoms with Gasteiger partial charge in [-0.2, -0.15) is 0 Å². The van der Waals surface area contributed by atoms with Crippen LogP contribution in [0.4, 0.5) is 0 Å². The molecule has 1 aromatic heterocycles. The zero-order valence-electron chi connectivity index (χ0n) is 20.4. The Labute approximate surface area is 203 Å². The predicted molar refractivity (Wildman–Crippen MR) is 137 cm³/mol. The van der Waals surface area contributed by atoms with Crippen molar-refractivity contribution < 1.29 is 15.3 Å². The smallest absolute Gasteiger partial charge is 0.0882 e. The second-order valence-corrected chi connectivity index (χ2v) is 12.1. The highest BCUT2D eigenvalue weighted by Crippen LogP contribution is 2.60. The fraction of sp³-hybridized carbons (Fsp3) is 0.655. The van der Waals surface area contributed by atoms with E-state index in [9.17, 15) is 15.3 Å². The van der Waals surface area contributed by atoms with Gasteiger partial charge in [0.2, 0.25) is 0 Å². The Hall–Kier alpha value is -1.20. The van der Waals surface area contributed by atoms with E-state index in [1.54, 1.807) is 16.9 Å². The summed E-state index contributed by atoms with van der Waals surface area (Å²) in [7, 11) is 0. The summed E-state index contributed by atoms with van der Waals surface area (Å²) < 4.78 is 0. The summed E-state index contributed by atoms with van der Waals surface area (Å²) in [5.74, 6) is 2.06. The molecule has 0 unspecified atom stereocenters. The molecule has 1 heterocycles. The largest absolute Gasteiger partial charge is 0.393 e. The van der Waals surface area contributed by atoms with Crippen molar-refractivity contribution in [2.75, 3.05) is 0 Å². The Kier molecular flexibility index (Phi) is 8.00. The van der Waals surface area contributed by atoms with Crippen molar-refractivity contribution in [3.63, 3.8) is 0 Å². The number of allylic oxidation sites excluding steroid dienone is 3. The highest BCUT2D eigenvalue weighted by atomic mass is 32.1. The molecule has 3 N–H and O–H groups in total. The lowest BCUT2D eigenvalue weighted by atomic mass is 9.60. The summed E-state index contributed by atoms with van der Waals surface area (Å²) in [6.45, 7) is 9.03. The Bertz CT molecular complexity index is 869. The van der Waals surface area contributed by atoms with E-state index in [-0.39, 0.29) is 6.10 Å². The number of hydrogen-bond acceptors (Lipinski definition) is 4. The molecular formula is C29H42O3S. The van der Waals surface area contributed by atoms with Gasteiger partial charge in [0.15, 0.2) is 0 Å². The molecule has 0 aliphatic heterocycles. The van der Waals surface area contributed by atoms with Gasteiger partial charge in [-0.1, -0.05) is 57.1 Å². The van der Waals surface area contributed by atoms with Crippen molar-refractivity contribution in [1.82, 2.24) is 0 Å². The van der Waals surface area contributed by atoms with Crippen LogP contribution in [0.15, 0.2) is 53.0 Å². The van der Waals surface area contributed by atoms with Gasteiger partial charge in [0.1, 0.15) is 0 Å². The molecule has 3 nitrogen and oxygen atoms in total. The van der Waals surface area contributed by atoms with Crippen molar-refractivity contribution in [3.8, 4) is 0 Å². The lowest BCUT2D eigenvalue weighted by molar-refractivity contribution is 0.0860. The standard InChI is InChI=1S/C29H42O3S/c1-19(7-4-9-26(31)28-10-6-16-33-28)24-13-14-25-21(8-5-15-29(24,25)3)11-12-22-17-23(30)18-27(32)20(22)2/h6,10-12,16,19,23-27,30-32H,2,4-5,7-9,13-15,17-18H2,1,3H3/b21-11+,22-12-/t19-,23+,24+,25-,26-,27-,29+/m0/s1. The van der Waals surface area contributed by atoms with E-state index >= 15 is 0 Å². The van der Waals surface area contributed by atoms with Gasteiger partial charge in [-0.15, -0.1) is 11.3 Å². The number of fused-ring (bicyclic) bond motifs is 1. The highest BCUT2D eigenvalue weighted by Gasteiger charge is 2.50. The number of hydrogen-bond donors (Lipinski definition) is 3. The third kappa shape index (κ3) is 5.40. The molecular weight excluding hydrogens is 428 g/mol. The number of aliphatic hydroxyl groups is 3. The molecule has 0 bridgehead atoms. The normalized spacial score (nSPS) is 36.8. The van der Waals surface area contributed by atoms with E-state index in [4.69, 9.17) is 0 Å². The Morgan fingerprint density at radius 2 is 2.06 bits per heavy atom. The molecule has 7 atom stereocenters. The minimum absolute atomic E-state index is 0.312. The SMILES string of the molecule is C=C1/C(=C\C=C2/CCC[C@]3(C)[C@@H]([C@@H](C)CCC[C@H](O)c4cccs4)CC[C@@H]23)C[C@@H](O)C[C@@H]1O. The summed E-state index contributed by atoms with van der Waals surface area (Å²) in [6, 6.07) is 4.06. The van der Waals surface area contributed by atoms with Crippen LogP contribution in [0.2, 0.25) is 0 Å². The van der Waals surface area contributed by atoms with Crippen LogP contribution in [0.25, 0.3) is 0 Å². The first kappa shape index (κ1) is 24.9. The van der Waals surface area contributed by atoms with Crippen molar-refractivity contribution in [2.24, 2.45) is 23.2 Å². The molecule has 4 rings (SSSR count). The van der Waals surface area contributed by atoms with Crippen molar-refractivity contribution in [3.05, 3.63) is 57.8 Å². The number of rotatable bonds is 7. The van der Waals surface area contributed by atoms with Crippen molar-refractivity contribution in [2.45, 2.75) is 96.4 Å². The summed E-state index contributed by atoms with van der Waals surface area (Å²) in [5.41, 5.74) is 3.70. The fourth-order valence-corrected chi connectivity index (χ4v) is 7.88. The van der Waals surface area contributed by atoms with Crippen molar-refractivity contribution in [1.29, 1.82) is 0 Å². The third-order valence-electron chi connectivity index (χ3n) is 9.00. The molecule has 3 saturated carbocycles. The average molecular weight is 471 g/mol. The van der Waals surface area contributed by atoms with Crippen molar-refractivity contribution >= 4 is 11.3 Å². The van der Waals surface area contributed by atoms with Gasteiger partial charge >= 0.3 is 0 Å². The average Bonchev–Trinajstić information content (AvgIpc) is 3.43. The lowest BCUT2D eigenvalue weighted by Gasteiger charge is -2.44. The quantitative estimate of drug-likeness (QED) is 0.414. The van der Waals surface area contributed by atoms with Gasteiger partial charge in [-0.05, 0) is 90.7 Å². The monoisotopic (exact) mass is 470 g/mol. The number of thiophene rings is 1. The summed E-state index contributed by atoms with van der Waals surface area (Å²) in [6.07, 6.45) is 13.4. The second kappa shape index (κ2) is 10.6. The fourth-order valence-electron chi connectivity index (χ4n) is 7.14. The minimum atomic E-state index is -0.620. The maximum atomic E-state index is 10.4. The molecule has 0 saturated heterocycles. The topological polar surface area (TPSA) is 60.7 Å². The minimum Gasteiger partial charge on any atom is -0.393 e. The van der Waals surface area contributed by atoms with Crippen LogP contribution in [0.1, 0.15) is 89.0 Å². The molecule has 1 aromatic rings. The lowest BCUT2D eigenvalue weighted by Crippen LogP contribution is -2.36. The van der Waals surface area contributed by atoms with E-state index in [2.05, 4.69) is 32.6 Å². The van der Waals surface area contributed by atoms with Crippen LogP contribution in [-0.2, 0) is 0 Å². The third-order valence-corrected chi connectivity index (χ3v) is 9.97. The molecule has 4 heteroatoms. The zero-order valence-corrected chi connectivity index (χ0v) is 21.2. The van der Waals surface area contributed by atoms with Gasteiger partial charge in [-0.3, -0.25) is 0 Å². The predicted octanol–water partition coefficient (Wildman–Crippen LogP) is 6.73. The van der Waals surface area contributed by atoms with Crippen LogP contribution in [0.5, 0.6) is 0 Å². The molecule has 3 aliphatic rings. The van der Waals surface area contributed by atoms with Gasteiger partial charge < -0.3 is 15.3 Å². The zero-order chi connectivity index (χ0) is 23.6. The van der Waals surface area contributed by atoms with E-state index < -0.39 is 12.2 Å². The maximum absolute atomic E-state index is 10.4.